The van der Waals surface area contributed by atoms with E-state index in [0.29, 0.717) is 29.6 Å². The van der Waals surface area contributed by atoms with Crippen molar-refractivity contribution in [1.29, 1.82) is 0 Å². The van der Waals surface area contributed by atoms with Gasteiger partial charge < -0.3 is 9.47 Å². The van der Waals surface area contributed by atoms with Crippen molar-refractivity contribution in [3.63, 3.8) is 0 Å². The number of methoxy groups -OCH3 is 1. The van der Waals surface area contributed by atoms with Crippen molar-refractivity contribution in [3.8, 4) is 11.5 Å². The molecule has 3 aromatic rings. The van der Waals surface area contributed by atoms with Gasteiger partial charge in [-0.1, -0.05) is 60.7 Å². The van der Waals surface area contributed by atoms with Gasteiger partial charge in [0.1, 0.15) is 6.61 Å². The molecule has 5 nitrogen and oxygen atoms in total. The molecule has 1 aliphatic rings. The number of thioether (sulfide) groups is 1. The highest BCUT2D eigenvalue weighted by Crippen LogP contribution is 2.37. The van der Waals surface area contributed by atoms with Crippen LogP contribution in [0.2, 0.25) is 0 Å². The third kappa shape index (κ3) is 6.01. The molecule has 1 fully saturated rings. The normalized spacial score (nSPS) is 14.6. The van der Waals surface area contributed by atoms with E-state index in [-0.39, 0.29) is 11.1 Å². The fourth-order valence-electron chi connectivity index (χ4n) is 3.62. The zero-order valence-corrected chi connectivity index (χ0v) is 21.7. The van der Waals surface area contributed by atoms with Crippen molar-refractivity contribution < 1.29 is 19.1 Å². The van der Waals surface area contributed by atoms with Gasteiger partial charge in [0, 0.05) is 6.54 Å². The molecule has 34 heavy (non-hydrogen) atoms. The molecular formula is C27H24INO4S. The van der Waals surface area contributed by atoms with Crippen LogP contribution in [-0.2, 0) is 17.8 Å². The van der Waals surface area contributed by atoms with Crippen LogP contribution in [0.5, 0.6) is 11.5 Å². The van der Waals surface area contributed by atoms with E-state index in [1.165, 1.54) is 10.5 Å². The lowest BCUT2D eigenvalue weighted by atomic mass is 10.1. The smallest absolute Gasteiger partial charge is 0.293 e. The van der Waals surface area contributed by atoms with Crippen molar-refractivity contribution >= 4 is 51.6 Å². The van der Waals surface area contributed by atoms with Gasteiger partial charge in [0.25, 0.3) is 11.1 Å². The second-order valence-corrected chi connectivity index (χ2v) is 9.89. The van der Waals surface area contributed by atoms with Crippen LogP contribution in [0, 0.1) is 3.57 Å². The molecule has 1 saturated heterocycles. The van der Waals surface area contributed by atoms with Gasteiger partial charge in [0.05, 0.1) is 15.6 Å². The molecular weight excluding hydrogens is 561 g/mol. The Morgan fingerprint density at radius 2 is 1.65 bits per heavy atom. The average Bonchev–Trinajstić information content (AvgIpc) is 3.11. The van der Waals surface area contributed by atoms with E-state index in [9.17, 15) is 9.59 Å². The van der Waals surface area contributed by atoms with Gasteiger partial charge in [-0.3, -0.25) is 14.5 Å². The number of amides is 2. The standard InChI is InChI=1S/C27H24INO4S/c1-32-23-16-21(15-22(28)25(23)33-18-20-11-6-3-7-12-20)17-24-26(30)29(27(31)34-24)14-8-13-19-9-4-2-5-10-19/h2-7,9-12,15-17H,8,13-14,18H2,1H3/b24-17+. The van der Waals surface area contributed by atoms with E-state index in [2.05, 4.69) is 34.7 Å². The Morgan fingerprint density at radius 1 is 0.971 bits per heavy atom. The third-order valence-electron chi connectivity index (χ3n) is 5.34. The lowest BCUT2D eigenvalue weighted by Gasteiger charge is -2.14. The molecule has 0 aromatic heterocycles. The number of halogens is 1. The van der Waals surface area contributed by atoms with Crippen LogP contribution in [0.1, 0.15) is 23.1 Å². The van der Waals surface area contributed by atoms with Gasteiger partial charge in [-0.25, -0.2) is 0 Å². The molecule has 0 N–H and O–H groups in total. The molecule has 0 spiro atoms. The van der Waals surface area contributed by atoms with Crippen molar-refractivity contribution in [3.05, 3.63) is 98.0 Å². The maximum absolute atomic E-state index is 12.9. The number of nitrogens with zero attached hydrogens (tertiary/aromatic N) is 1. The van der Waals surface area contributed by atoms with Crippen LogP contribution < -0.4 is 9.47 Å². The van der Waals surface area contributed by atoms with Crippen molar-refractivity contribution in [2.45, 2.75) is 19.4 Å². The summed E-state index contributed by atoms with van der Waals surface area (Å²) in [6.07, 6.45) is 3.30. The van der Waals surface area contributed by atoms with Gasteiger partial charge in [-0.2, -0.15) is 0 Å². The van der Waals surface area contributed by atoms with Crippen LogP contribution in [0.15, 0.2) is 77.7 Å². The first-order valence-corrected chi connectivity index (χ1v) is 12.8. The summed E-state index contributed by atoms with van der Waals surface area (Å²) in [6, 6.07) is 23.7. The lowest BCUT2D eigenvalue weighted by Crippen LogP contribution is -2.29. The zero-order chi connectivity index (χ0) is 23.9. The fraction of sp³-hybridized carbons (Fsp3) is 0.185. The largest absolute Gasteiger partial charge is 0.493 e. The monoisotopic (exact) mass is 585 g/mol. The first-order chi connectivity index (χ1) is 16.5. The number of hydrogen-bond donors (Lipinski definition) is 0. The summed E-state index contributed by atoms with van der Waals surface area (Å²) in [5, 5.41) is -0.228. The van der Waals surface area contributed by atoms with Crippen molar-refractivity contribution in [1.82, 2.24) is 4.90 Å². The number of benzene rings is 3. The summed E-state index contributed by atoms with van der Waals surface area (Å²) < 4.78 is 12.4. The SMILES string of the molecule is COc1cc(/C=C2/SC(=O)N(CCCc3ccccc3)C2=O)cc(I)c1OCc1ccccc1. The molecule has 0 bridgehead atoms. The highest BCUT2D eigenvalue weighted by atomic mass is 127. The van der Waals surface area contributed by atoms with Crippen LogP contribution in [-0.4, -0.2) is 29.7 Å². The van der Waals surface area contributed by atoms with Crippen molar-refractivity contribution in [2.24, 2.45) is 0 Å². The number of imide groups is 1. The van der Waals surface area contributed by atoms with E-state index < -0.39 is 0 Å². The Labute approximate surface area is 217 Å². The zero-order valence-electron chi connectivity index (χ0n) is 18.7. The molecule has 0 saturated carbocycles. The predicted octanol–water partition coefficient (Wildman–Crippen LogP) is 6.55. The molecule has 2 amide bonds. The van der Waals surface area contributed by atoms with E-state index in [4.69, 9.17) is 9.47 Å². The molecule has 7 heteroatoms. The van der Waals surface area contributed by atoms with Crippen LogP contribution in [0.3, 0.4) is 0 Å². The predicted molar refractivity (Wildman–Crippen MR) is 144 cm³/mol. The van der Waals surface area contributed by atoms with Crippen LogP contribution in [0.4, 0.5) is 4.79 Å². The molecule has 0 unspecified atom stereocenters. The number of aryl methyl sites for hydroxylation is 1. The summed E-state index contributed by atoms with van der Waals surface area (Å²) in [5.74, 6) is 0.982. The third-order valence-corrected chi connectivity index (χ3v) is 7.05. The molecule has 0 atom stereocenters. The van der Waals surface area contributed by atoms with Gasteiger partial charge in [0.2, 0.25) is 0 Å². The summed E-state index contributed by atoms with van der Waals surface area (Å²) in [7, 11) is 1.59. The Bertz CT molecular complexity index is 1200. The van der Waals surface area contributed by atoms with E-state index in [0.717, 1.165) is 39.3 Å². The highest BCUT2D eigenvalue weighted by Gasteiger charge is 2.34. The second-order valence-electron chi connectivity index (χ2n) is 7.73. The number of hydrogen-bond acceptors (Lipinski definition) is 5. The molecule has 1 aliphatic heterocycles. The van der Waals surface area contributed by atoms with E-state index in [1.54, 1.807) is 13.2 Å². The quantitative estimate of drug-likeness (QED) is 0.211. The highest BCUT2D eigenvalue weighted by molar-refractivity contribution is 14.1. The minimum absolute atomic E-state index is 0.228. The molecule has 0 radical (unpaired) electrons. The first kappa shape index (κ1) is 24.3. The van der Waals surface area contributed by atoms with Gasteiger partial charge in [-0.15, -0.1) is 0 Å². The number of carbonyl (C=O) groups is 2. The Kier molecular flexibility index (Phi) is 8.29. The maximum atomic E-state index is 12.9. The number of rotatable bonds is 9. The Balaban J connectivity index is 1.44. The first-order valence-electron chi connectivity index (χ1n) is 10.9. The Hall–Kier alpha value is -2.78. The topological polar surface area (TPSA) is 55.8 Å². The van der Waals surface area contributed by atoms with Crippen LogP contribution in [0.25, 0.3) is 6.08 Å². The van der Waals surface area contributed by atoms with E-state index >= 15 is 0 Å². The van der Waals surface area contributed by atoms with Gasteiger partial charge >= 0.3 is 0 Å². The molecule has 3 aromatic carbocycles. The fourth-order valence-corrected chi connectivity index (χ4v) is 5.27. The van der Waals surface area contributed by atoms with Crippen LogP contribution >= 0.6 is 34.4 Å². The minimum atomic E-state index is -0.249. The summed E-state index contributed by atoms with van der Waals surface area (Å²) in [6.45, 7) is 0.832. The molecule has 4 rings (SSSR count). The molecule has 1 heterocycles. The summed E-state index contributed by atoms with van der Waals surface area (Å²) in [5.41, 5.74) is 3.04. The number of ether oxygens (including phenoxy) is 2. The van der Waals surface area contributed by atoms with E-state index in [1.807, 2.05) is 60.7 Å². The number of carbonyl (C=O) groups excluding carboxylic acids is 2. The lowest BCUT2D eigenvalue weighted by molar-refractivity contribution is -0.122. The summed E-state index contributed by atoms with van der Waals surface area (Å²) >= 11 is 3.18. The molecule has 174 valence electrons. The molecule has 0 aliphatic carbocycles. The Morgan fingerprint density at radius 3 is 2.32 bits per heavy atom. The maximum Gasteiger partial charge on any atom is 0.293 e. The second kappa shape index (κ2) is 11.6. The van der Waals surface area contributed by atoms with Gasteiger partial charge in [0.15, 0.2) is 11.5 Å². The summed E-state index contributed by atoms with van der Waals surface area (Å²) in [4.78, 5) is 27.1. The minimum Gasteiger partial charge on any atom is -0.493 e. The van der Waals surface area contributed by atoms with Gasteiger partial charge in [-0.05, 0) is 82.1 Å². The average molecular weight is 585 g/mol. The van der Waals surface area contributed by atoms with Crippen molar-refractivity contribution in [2.75, 3.05) is 13.7 Å².